The van der Waals surface area contributed by atoms with Crippen LogP contribution in [-0.4, -0.2) is 27.6 Å². The number of fused-ring (bicyclic) bond motifs is 1. The summed E-state index contributed by atoms with van der Waals surface area (Å²) in [6.45, 7) is 4.66. The summed E-state index contributed by atoms with van der Waals surface area (Å²) in [7, 11) is 0. The Morgan fingerprint density at radius 1 is 1.45 bits per heavy atom. The molecule has 104 valence electrons. The van der Waals surface area contributed by atoms with Gasteiger partial charge in [-0.1, -0.05) is 38.1 Å². The monoisotopic (exact) mass is 270 g/mol. The number of amides is 1. The van der Waals surface area contributed by atoms with Crippen LogP contribution in [0.15, 0.2) is 24.3 Å². The molecule has 3 rings (SSSR count). The number of nitrogens with zero attached hydrogens (tertiary/aromatic N) is 2. The predicted octanol–water partition coefficient (Wildman–Crippen LogP) is 2.00. The van der Waals surface area contributed by atoms with Crippen LogP contribution in [0.2, 0.25) is 0 Å². The van der Waals surface area contributed by atoms with Crippen molar-refractivity contribution in [3.8, 4) is 0 Å². The van der Waals surface area contributed by atoms with Gasteiger partial charge in [0.05, 0.1) is 0 Å². The van der Waals surface area contributed by atoms with Crippen molar-refractivity contribution < 1.29 is 4.79 Å². The van der Waals surface area contributed by atoms with Crippen LogP contribution in [0.3, 0.4) is 0 Å². The van der Waals surface area contributed by atoms with Gasteiger partial charge in [0.25, 0.3) is 5.91 Å². The van der Waals surface area contributed by atoms with Crippen LogP contribution in [0.1, 0.15) is 53.3 Å². The first-order valence-corrected chi connectivity index (χ1v) is 6.93. The number of carbonyl (C=O) groups excluding carboxylic acids is 1. The molecule has 1 aromatic heterocycles. The number of hydrogen-bond acceptors (Lipinski definition) is 3. The Morgan fingerprint density at radius 2 is 2.25 bits per heavy atom. The number of benzene rings is 1. The summed E-state index contributed by atoms with van der Waals surface area (Å²) in [6, 6.07) is 8.35. The molecule has 5 nitrogen and oxygen atoms in total. The van der Waals surface area contributed by atoms with E-state index in [0.717, 1.165) is 12.2 Å². The average Bonchev–Trinajstić information content (AvgIpc) is 2.89. The van der Waals surface area contributed by atoms with Crippen molar-refractivity contribution in [2.45, 2.75) is 32.1 Å². The Hall–Kier alpha value is -2.17. The van der Waals surface area contributed by atoms with Crippen molar-refractivity contribution >= 4 is 5.91 Å². The first-order chi connectivity index (χ1) is 9.65. The summed E-state index contributed by atoms with van der Waals surface area (Å²) in [5.74, 6) is 1.41. The highest BCUT2D eigenvalue weighted by Gasteiger charge is 2.26. The number of nitrogens with one attached hydrogen (secondary N) is 2. The second-order valence-corrected chi connectivity index (χ2v) is 5.51. The molecular formula is C15H18N4O. The van der Waals surface area contributed by atoms with Gasteiger partial charge in [-0.05, 0) is 17.5 Å². The first-order valence-electron chi connectivity index (χ1n) is 6.93. The highest BCUT2D eigenvalue weighted by Crippen LogP contribution is 2.33. The van der Waals surface area contributed by atoms with Gasteiger partial charge in [0.2, 0.25) is 5.82 Å². The van der Waals surface area contributed by atoms with E-state index in [9.17, 15) is 4.79 Å². The molecule has 0 spiro atoms. The fourth-order valence-corrected chi connectivity index (χ4v) is 2.47. The zero-order valence-corrected chi connectivity index (χ0v) is 11.7. The Labute approximate surface area is 117 Å². The van der Waals surface area contributed by atoms with Crippen LogP contribution in [0.25, 0.3) is 0 Å². The summed E-state index contributed by atoms with van der Waals surface area (Å²) in [5, 5.41) is 9.66. The van der Waals surface area contributed by atoms with E-state index in [1.807, 2.05) is 19.9 Å². The lowest BCUT2D eigenvalue weighted by Crippen LogP contribution is -2.33. The molecule has 1 aliphatic rings. The standard InChI is InChI=1S/C15H18N4O/c1-9(2)13-17-14(19-18-13)15(20)16-8-11-7-10-5-3-4-6-12(10)11/h3-6,9,11H,7-8H2,1-2H3,(H,16,20)(H,17,18,19). The van der Waals surface area contributed by atoms with Gasteiger partial charge < -0.3 is 5.32 Å². The summed E-state index contributed by atoms with van der Waals surface area (Å²) in [6.07, 6.45) is 1.03. The van der Waals surface area contributed by atoms with E-state index in [2.05, 4.69) is 38.7 Å². The lowest BCUT2D eigenvalue weighted by Gasteiger charge is -2.29. The Balaban J connectivity index is 1.58. The van der Waals surface area contributed by atoms with Gasteiger partial charge in [0, 0.05) is 18.4 Å². The third-order valence-electron chi connectivity index (χ3n) is 3.72. The Morgan fingerprint density at radius 3 is 2.95 bits per heavy atom. The van der Waals surface area contributed by atoms with E-state index in [1.54, 1.807) is 0 Å². The molecule has 0 fully saturated rings. The minimum atomic E-state index is -0.211. The molecule has 1 aliphatic carbocycles. The quantitative estimate of drug-likeness (QED) is 0.892. The van der Waals surface area contributed by atoms with Gasteiger partial charge in [-0.15, -0.1) is 5.10 Å². The van der Waals surface area contributed by atoms with Gasteiger partial charge in [0.1, 0.15) is 5.82 Å². The van der Waals surface area contributed by atoms with Crippen molar-refractivity contribution in [3.05, 3.63) is 47.0 Å². The molecule has 0 aliphatic heterocycles. The van der Waals surface area contributed by atoms with E-state index >= 15 is 0 Å². The molecule has 1 atom stereocenters. The highest BCUT2D eigenvalue weighted by molar-refractivity contribution is 5.90. The molecule has 1 aromatic carbocycles. The van der Waals surface area contributed by atoms with Gasteiger partial charge in [-0.25, -0.2) is 4.98 Å². The van der Waals surface area contributed by atoms with Crippen LogP contribution < -0.4 is 5.32 Å². The van der Waals surface area contributed by atoms with Gasteiger partial charge in [-0.2, -0.15) is 0 Å². The fraction of sp³-hybridized carbons (Fsp3) is 0.400. The van der Waals surface area contributed by atoms with Crippen molar-refractivity contribution in [2.24, 2.45) is 0 Å². The maximum Gasteiger partial charge on any atom is 0.290 e. The molecule has 0 saturated carbocycles. The molecule has 2 aromatic rings. The van der Waals surface area contributed by atoms with Gasteiger partial charge in [-0.3, -0.25) is 9.89 Å². The zero-order chi connectivity index (χ0) is 14.1. The topological polar surface area (TPSA) is 70.7 Å². The second kappa shape index (κ2) is 5.07. The maximum absolute atomic E-state index is 12.0. The molecule has 0 bridgehead atoms. The molecule has 20 heavy (non-hydrogen) atoms. The number of aromatic amines is 1. The van der Waals surface area contributed by atoms with Crippen molar-refractivity contribution in [1.82, 2.24) is 20.5 Å². The smallest absolute Gasteiger partial charge is 0.290 e. The Kier molecular flexibility index (Phi) is 3.26. The summed E-state index contributed by atoms with van der Waals surface area (Å²) in [4.78, 5) is 16.2. The third-order valence-corrected chi connectivity index (χ3v) is 3.72. The molecule has 2 N–H and O–H groups in total. The van der Waals surface area contributed by atoms with Crippen LogP contribution in [0.5, 0.6) is 0 Å². The summed E-state index contributed by atoms with van der Waals surface area (Å²) < 4.78 is 0. The number of hydrogen-bond donors (Lipinski definition) is 2. The van der Waals surface area contributed by atoms with E-state index in [4.69, 9.17) is 0 Å². The molecule has 1 unspecified atom stereocenters. The number of H-pyrrole nitrogens is 1. The first kappa shape index (κ1) is 12.8. The van der Waals surface area contributed by atoms with Gasteiger partial charge >= 0.3 is 0 Å². The maximum atomic E-state index is 12.0. The molecule has 1 heterocycles. The third kappa shape index (κ3) is 2.31. The molecule has 0 radical (unpaired) electrons. The molecule has 1 amide bonds. The number of rotatable bonds is 4. The molecule has 0 saturated heterocycles. The van der Waals surface area contributed by atoms with Gasteiger partial charge in [0.15, 0.2) is 0 Å². The normalized spacial score (nSPS) is 16.6. The summed E-state index contributed by atoms with van der Waals surface area (Å²) in [5.41, 5.74) is 2.72. The van der Waals surface area contributed by atoms with E-state index < -0.39 is 0 Å². The van der Waals surface area contributed by atoms with E-state index in [1.165, 1.54) is 11.1 Å². The average molecular weight is 270 g/mol. The van der Waals surface area contributed by atoms with Crippen LogP contribution in [0.4, 0.5) is 0 Å². The minimum Gasteiger partial charge on any atom is -0.349 e. The van der Waals surface area contributed by atoms with Crippen LogP contribution in [0, 0.1) is 0 Å². The Bertz CT molecular complexity index is 632. The highest BCUT2D eigenvalue weighted by atomic mass is 16.2. The predicted molar refractivity (Wildman–Crippen MR) is 75.7 cm³/mol. The second-order valence-electron chi connectivity index (χ2n) is 5.51. The zero-order valence-electron chi connectivity index (χ0n) is 11.7. The summed E-state index contributed by atoms with van der Waals surface area (Å²) >= 11 is 0. The largest absolute Gasteiger partial charge is 0.349 e. The van der Waals surface area contributed by atoms with Crippen molar-refractivity contribution in [2.75, 3.05) is 6.54 Å². The lowest BCUT2D eigenvalue weighted by atomic mass is 9.77. The number of carbonyl (C=O) groups is 1. The van der Waals surface area contributed by atoms with Crippen LogP contribution >= 0.6 is 0 Å². The van der Waals surface area contributed by atoms with Crippen molar-refractivity contribution in [1.29, 1.82) is 0 Å². The minimum absolute atomic E-state index is 0.211. The fourth-order valence-electron chi connectivity index (χ4n) is 2.47. The van der Waals surface area contributed by atoms with Crippen LogP contribution in [-0.2, 0) is 6.42 Å². The van der Waals surface area contributed by atoms with E-state index in [0.29, 0.717) is 12.5 Å². The van der Waals surface area contributed by atoms with E-state index in [-0.39, 0.29) is 17.6 Å². The molecule has 5 heteroatoms. The SMILES string of the molecule is CC(C)c1nc(C(=O)NCC2Cc3ccccc32)n[nH]1. The number of aromatic nitrogens is 3. The van der Waals surface area contributed by atoms with Crippen molar-refractivity contribution in [3.63, 3.8) is 0 Å². The lowest BCUT2D eigenvalue weighted by molar-refractivity contribution is 0.0940. The molecular weight excluding hydrogens is 252 g/mol.